The van der Waals surface area contributed by atoms with Gasteiger partial charge in [-0.25, -0.2) is 0 Å². The lowest BCUT2D eigenvalue weighted by atomic mass is 9.93. The van der Waals surface area contributed by atoms with E-state index in [0.29, 0.717) is 12.6 Å². The summed E-state index contributed by atoms with van der Waals surface area (Å²) in [7, 11) is 0. The van der Waals surface area contributed by atoms with Gasteiger partial charge in [-0.1, -0.05) is 12.8 Å². The number of nitrogens with one attached hydrogen (secondary N) is 1. The zero-order valence-corrected chi connectivity index (χ0v) is 13.1. The van der Waals surface area contributed by atoms with E-state index in [1.165, 1.54) is 31.4 Å². The Morgan fingerprint density at radius 3 is 2.86 bits per heavy atom. The van der Waals surface area contributed by atoms with E-state index in [4.69, 9.17) is 0 Å². The van der Waals surface area contributed by atoms with Gasteiger partial charge in [0.1, 0.15) is 0 Å². The molecule has 1 aliphatic heterocycles. The first-order valence-electron chi connectivity index (χ1n) is 7.95. The molecule has 2 fully saturated rings. The van der Waals surface area contributed by atoms with Crippen LogP contribution >= 0.6 is 11.3 Å². The van der Waals surface area contributed by atoms with Crippen LogP contribution in [0.15, 0.2) is 16.8 Å². The fourth-order valence-corrected chi connectivity index (χ4v) is 4.29. The van der Waals surface area contributed by atoms with E-state index in [9.17, 15) is 9.90 Å². The average molecular weight is 308 g/mol. The molecule has 2 atom stereocenters. The molecule has 1 aliphatic carbocycles. The number of carboxylic acid groups (broad SMARTS) is 1. The van der Waals surface area contributed by atoms with Crippen molar-refractivity contribution in [3.05, 3.63) is 16.8 Å². The van der Waals surface area contributed by atoms with Crippen LogP contribution in [-0.2, 0) is 4.79 Å². The third kappa shape index (κ3) is 3.77. The van der Waals surface area contributed by atoms with Crippen LogP contribution < -0.4 is 10.2 Å². The van der Waals surface area contributed by atoms with Crippen LogP contribution in [0, 0.1) is 11.8 Å². The molecule has 5 heteroatoms. The van der Waals surface area contributed by atoms with E-state index in [0.717, 1.165) is 25.4 Å². The first kappa shape index (κ1) is 14.9. The Labute approximate surface area is 130 Å². The minimum absolute atomic E-state index is 0.264. The molecular weight excluding hydrogens is 284 g/mol. The molecule has 116 valence electrons. The van der Waals surface area contributed by atoms with E-state index < -0.39 is 5.97 Å². The Morgan fingerprint density at radius 2 is 2.19 bits per heavy atom. The van der Waals surface area contributed by atoms with Crippen LogP contribution in [0.4, 0.5) is 5.69 Å². The van der Waals surface area contributed by atoms with E-state index in [1.807, 2.05) is 0 Å². The van der Waals surface area contributed by atoms with Crippen LogP contribution in [-0.4, -0.2) is 36.8 Å². The van der Waals surface area contributed by atoms with Crippen molar-refractivity contribution < 1.29 is 9.90 Å². The largest absolute Gasteiger partial charge is 0.481 e. The molecule has 0 spiro atoms. The second kappa shape index (κ2) is 6.79. The second-order valence-electron chi connectivity index (χ2n) is 6.41. The monoisotopic (exact) mass is 308 g/mol. The van der Waals surface area contributed by atoms with Gasteiger partial charge in [0, 0.05) is 30.2 Å². The van der Waals surface area contributed by atoms with Gasteiger partial charge in [0.2, 0.25) is 0 Å². The van der Waals surface area contributed by atoms with E-state index in [2.05, 4.69) is 27.0 Å². The number of nitrogens with zero attached hydrogens (tertiary/aromatic N) is 1. The minimum Gasteiger partial charge on any atom is -0.481 e. The highest BCUT2D eigenvalue weighted by Gasteiger charge is 2.32. The third-order valence-electron chi connectivity index (χ3n) is 4.84. The lowest BCUT2D eigenvalue weighted by Gasteiger charge is -2.38. The van der Waals surface area contributed by atoms with Crippen molar-refractivity contribution in [3.8, 4) is 0 Å². The van der Waals surface area contributed by atoms with Gasteiger partial charge in [-0.2, -0.15) is 11.3 Å². The standard InChI is InChI=1S/C16H24N2O2S/c19-16(20)13-7-14(17-8-12-3-1-2-4-12)10-18(9-13)15-5-6-21-11-15/h5-6,11-14,17H,1-4,7-10H2,(H,19,20). The fourth-order valence-electron chi connectivity index (χ4n) is 3.62. The van der Waals surface area contributed by atoms with Crippen LogP contribution in [0.2, 0.25) is 0 Å². The van der Waals surface area contributed by atoms with Gasteiger partial charge in [-0.15, -0.1) is 0 Å². The highest BCUT2D eigenvalue weighted by atomic mass is 32.1. The van der Waals surface area contributed by atoms with Crippen LogP contribution in [0.3, 0.4) is 0 Å². The van der Waals surface area contributed by atoms with Crippen LogP contribution in [0.25, 0.3) is 0 Å². The summed E-state index contributed by atoms with van der Waals surface area (Å²) in [6.07, 6.45) is 6.13. The molecule has 0 bridgehead atoms. The number of carboxylic acids is 1. The Balaban J connectivity index is 1.60. The van der Waals surface area contributed by atoms with Gasteiger partial charge in [-0.05, 0) is 43.2 Å². The smallest absolute Gasteiger partial charge is 0.308 e. The summed E-state index contributed by atoms with van der Waals surface area (Å²) in [5.74, 6) is -0.132. The molecule has 2 heterocycles. The van der Waals surface area contributed by atoms with Crippen molar-refractivity contribution in [2.75, 3.05) is 24.5 Å². The maximum atomic E-state index is 11.4. The number of rotatable bonds is 5. The number of aliphatic carboxylic acids is 1. The van der Waals surface area contributed by atoms with Gasteiger partial charge < -0.3 is 15.3 Å². The van der Waals surface area contributed by atoms with Crippen molar-refractivity contribution in [2.45, 2.75) is 38.1 Å². The van der Waals surface area contributed by atoms with Gasteiger partial charge in [0.25, 0.3) is 0 Å². The molecule has 3 rings (SSSR count). The summed E-state index contributed by atoms with van der Waals surface area (Å²) in [6, 6.07) is 2.38. The van der Waals surface area contributed by atoms with Gasteiger partial charge in [0.15, 0.2) is 0 Å². The summed E-state index contributed by atoms with van der Waals surface area (Å²) in [5.41, 5.74) is 1.17. The zero-order valence-electron chi connectivity index (χ0n) is 12.3. The molecule has 2 unspecified atom stereocenters. The average Bonchev–Trinajstić information content (AvgIpc) is 3.18. The third-order valence-corrected chi connectivity index (χ3v) is 5.51. The van der Waals surface area contributed by atoms with Crippen molar-refractivity contribution in [1.82, 2.24) is 5.32 Å². The first-order chi connectivity index (χ1) is 10.2. The van der Waals surface area contributed by atoms with E-state index >= 15 is 0 Å². The summed E-state index contributed by atoms with van der Waals surface area (Å²) in [4.78, 5) is 13.7. The zero-order chi connectivity index (χ0) is 14.7. The predicted octanol–water partition coefficient (Wildman–Crippen LogP) is 2.81. The second-order valence-corrected chi connectivity index (χ2v) is 7.19. The van der Waals surface area contributed by atoms with Crippen molar-refractivity contribution in [3.63, 3.8) is 0 Å². The molecule has 0 radical (unpaired) electrons. The number of piperidine rings is 1. The topological polar surface area (TPSA) is 52.6 Å². The molecule has 1 aromatic heterocycles. The Bertz CT molecular complexity index is 457. The summed E-state index contributed by atoms with van der Waals surface area (Å²) < 4.78 is 0. The maximum Gasteiger partial charge on any atom is 0.308 e. The molecule has 2 aliphatic rings. The maximum absolute atomic E-state index is 11.4. The Hall–Kier alpha value is -1.07. The van der Waals surface area contributed by atoms with Crippen LogP contribution in [0.5, 0.6) is 0 Å². The first-order valence-corrected chi connectivity index (χ1v) is 8.90. The van der Waals surface area contributed by atoms with E-state index in [-0.39, 0.29) is 5.92 Å². The van der Waals surface area contributed by atoms with Crippen molar-refractivity contribution in [1.29, 1.82) is 0 Å². The number of thiophene rings is 1. The molecular formula is C16H24N2O2S. The summed E-state index contributed by atoms with van der Waals surface area (Å²) >= 11 is 1.67. The number of carbonyl (C=O) groups is 1. The van der Waals surface area contributed by atoms with Gasteiger partial charge in [0.05, 0.1) is 5.92 Å². The Morgan fingerprint density at radius 1 is 1.38 bits per heavy atom. The lowest BCUT2D eigenvalue weighted by Crippen LogP contribution is -2.51. The van der Waals surface area contributed by atoms with Crippen molar-refractivity contribution in [2.24, 2.45) is 11.8 Å². The summed E-state index contributed by atoms with van der Waals surface area (Å²) in [5, 5.41) is 17.2. The molecule has 0 aromatic carbocycles. The summed E-state index contributed by atoms with van der Waals surface area (Å²) in [6.45, 7) is 2.61. The molecule has 0 amide bonds. The predicted molar refractivity (Wildman–Crippen MR) is 86.0 cm³/mol. The number of hydrogen-bond donors (Lipinski definition) is 2. The SMILES string of the molecule is O=C(O)C1CC(NCC2CCCC2)CN(c2ccsc2)C1. The minimum atomic E-state index is -0.664. The lowest BCUT2D eigenvalue weighted by molar-refractivity contribution is -0.142. The highest BCUT2D eigenvalue weighted by Crippen LogP contribution is 2.27. The van der Waals surface area contributed by atoms with E-state index in [1.54, 1.807) is 11.3 Å². The van der Waals surface area contributed by atoms with Crippen LogP contribution in [0.1, 0.15) is 32.1 Å². The molecule has 4 nitrogen and oxygen atoms in total. The Kier molecular flexibility index (Phi) is 4.80. The number of hydrogen-bond acceptors (Lipinski definition) is 4. The highest BCUT2D eigenvalue weighted by molar-refractivity contribution is 7.08. The molecule has 2 N–H and O–H groups in total. The number of anilines is 1. The van der Waals surface area contributed by atoms with Gasteiger partial charge >= 0.3 is 5.97 Å². The normalized spacial score (nSPS) is 27.1. The molecule has 1 saturated carbocycles. The molecule has 1 aromatic rings. The van der Waals surface area contributed by atoms with Gasteiger partial charge in [-0.3, -0.25) is 4.79 Å². The molecule has 1 saturated heterocycles. The quantitative estimate of drug-likeness (QED) is 0.878. The fraction of sp³-hybridized carbons (Fsp3) is 0.688. The van der Waals surface area contributed by atoms with Crippen molar-refractivity contribution >= 4 is 23.0 Å². The molecule has 21 heavy (non-hydrogen) atoms.